The van der Waals surface area contributed by atoms with Crippen LogP contribution in [-0.2, 0) is 0 Å². The number of rotatable bonds is 0. The number of ketones is 8. The summed E-state index contributed by atoms with van der Waals surface area (Å²) < 4.78 is 0. The molecule has 340 valence electrons. The van der Waals surface area contributed by atoms with Crippen molar-refractivity contribution < 1.29 is 38.4 Å². The minimum atomic E-state index is -0.0924. The largest absolute Gasteiger partial charge is 0.289 e. The SMILES string of the molecule is O=C1C=CC(=O)c2ccccc21.O=C1c2cc3ccccc3cc2C(=O)c2cc3ccccc3cc21.O=C1c2ccccc2C(=O)c2cc3ccccc3cc21.O=C1c2ccccc2C(=O)c2ccccc21. The molecule has 4 aliphatic rings. The lowest BCUT2D eigenvalue weighted by atomic mass is 9.81. The maximum absolute atomic E-state index is 13.0. The number of carbonyl (C=O) groups is 8. The standard InChI is InChI=1S/C22H12O2.C18H10O2.C14H8O2.C10H6O2/c23-21-17-9-13-5-1-2-6-14(13)10-18(17)22(24)20-12-16-8-4-3-7-15(16)11-19(20)21;19-17-13-7-3-4-8-14(13)18(20)16-10-12-6-2-1-5-11(12)9-15(16)17;15-13-9-5-1-2-6-10(9)14(16)12-8-4-3-7-11(12)13;11-9-5-6-10(12)8-4-2-1-3-7(8)9/h1-12H;1-10H;1-8H;1-6H. The normalized spacial score (nSPS) is 13.4. The summed E-state index contributed by atoms with van der Waals surface area (Å²) in [7, 11) is 0. The Kier molecular flexibility index (Phi) is 11.3. The van der Waals surface area contributed by atoms with Gasteiger partial charge in [0.2, 0.25) is 0 Å². The fourth-order valence-electron chi connectivity index (χ4n) is 9.60. The third-order valence-corrected chi connectivity index (χ3v) is 13.2. The first-order chi connectivity index (χ1) is 35.0. The lowest BCUT2D eigenvalue weighted by molar-refractivity contribution is 0.0979. The van der Waals surface area contributed by atoms with Gasteiger partial charge in [0, 0.05) is 77.9 Å². The van der Waals surface area contributed by atoms with Gasteiger partial charge in [-0.15, -0.1) is 0 Å². The van der Waals surface area contributed by atoms with E-state index in [1.54, 1.807) is 97.1 Å². The van der Waals surface area contributed by atoms with Crippen LogP contribution < -0.4 is 0 Å². The van der Waals surface area contributed by atoms with Crippen LogP contribution in [0.4, 0.5) is 0 Å². The van der Waals surface area contributed by atoms with Gasteiger partial charge in [-0.25, -0.2) is 0 Å². The predicted octanol–water partition coefficient (Wildman–Crippen LogP) is 12.5. The molecule has 0 N–H and O–H groups in total. The molecule has 0 amide bonds. The molecule has 10 aromatic carbocycles. The van der Waals surface area contributed by atoms with Crippen LogP contribution in [0.15, 0.2) is 218 Å². The molecule has 0 bridgehead atoms. The molecule has 0 saturated heterocycles. The van der Waals surface area contributed by atoms with Crippen LogP contribution in [-0.4, -0.2) is 46.3 Å². The first-order valence-electron chi connectivity index (χ1n) is 23.0. The highest BCUT2D eigenvalue weighted by molar-refractivity contribution is 6.32. The molecule has 4 aliphatic carbocycles. The number of carbonyl (C=O) groups excluding carboxylic acids is 8. The highest BCUT2D eigenvalue weighted by atomic mass is 16.2. The molecule has 0 spiro atoms. The maximum Gasteiger partial charge on any atom is 0.194 e. The second-order valence-corrected chi connectivity index (χ2v) is 17.5. The van der Waals surface area contributed by atoms with E-state index in [9.17, 15) is 38.4 Å². The predicted molar refractivity (Wildman–Crippen MR) is 276 cm³/mol. The molecule has 0 heterocycles. The molecule has 0 radical (unpaired) electrons. The van der Waals surface area contributed by atoms with Crippen molar-refractivity contribution in [3.63, 3.8) is 0 Å². The van der Waals surface area contributed by atoms with Gasteiger partial charge >= 0.3 is 0 Å². The zero-order chi connectivity index (χ0) is 49.6. The van der Waals surface area contributed by atoms with Crippen LogP contribution in [0.5, 0.6) is 0 Å². The Morgan fingerprint density at radius 2 is 0.319 bits per heavy atom. The van der Waals surface area contributed by atoms with E-state index in [1.165, 1.54) is 12.2 Å². The van der Waals surface area contributed by atoms with E-state index in [2.05, 4.69) is 0 Å². The monoisotopic (exact) mass is 932 g/mol. The zero-order valence-corrected chi connectivity index (χ0v) is 38.1. The van der Waals surface area contributed by atoms with Crippen molar-refractivity contribution in [2.75, 3.05) is 0 Å². The Labute approximate surface area is 411 Å². The average Bonchev–Trinajstić information content (AvgIpc) is 3.43. The molecule has 0 fully saturated rings. The van der Waals surface area contributed by atoms with Gasteiger partial charge in [0.15, 0.2) is 46.3 Å². The molecule has 14 rings (SSSR count). The van der Waals surface area contributed by atoms with Gasteiger partial charge in [-0.2, -0.15) is 0 Å². The minimum absolute atomic E-state index is 0.0641. The first-order valence-corrected chi connectivity index (χ1v) is 23.0. The Morgan fingerprint density at radius 3 is 0.528 bits per heavy atom. The van der Waals surface area contributed by atoms with Crippen LogP contribution in [0, 0.1) is 0 Å². The Morgan fingerprint density at radius 1 is 0.167 bits per heavy atom. The summed E-state index contributed by atoms with van der Waals surface area (Å²) in [5, 5.41) is 5.85. The number of hydrogen-bond acceptors (Lipinski definition) is 8. The minimum Gasteiger partial charge on any atom is -0.289 e. The smallest absolute Gasteiger partial charge is 0.194 e. The topological polar surface area (TPSA) is 137 Å². The lowest BCUT2D eigenvalue weighted by Gasteiger charge is -2.19. The van der Waals surface area contributed by atoms with Crippen LogP contribution in [0.1, 0.15) is 116 Å². The van der Waals surface area contributed by atoms with E-state index >= 15 is 0 Å². The molecule has 0 saturated carbocycles. The Bertz CT molecular complexity index is 3700. The van der Waals surface area contributed by atoms with Gasteiger partial charge in [0.05, 0.1) is 0 Å². The average molecular weight is 933 g/mol. The maximum atomic E-state index is 13.0. The van der Waals surface area contributed by atoms with Crippen molar-refractivity contribution in [2.45, 2.75) is 0 Å². The molecule has 8 heteroatoms. The van der Waals surface area contributed by atoms with Gasteiger partial charge in [0.25, 0.3) is 0 Å². The highest BCUT2D eigenvalue weighted by Crippen LogP contribution is 2.34. The van der Waals surface area contributed by atoms with Gasteiger partial charge in [-0.05, 0) is 80.9 Å². The summed E-state index contributed by atoms with van der Waals surface area (Å²) >= 11 is 0. The second kappa shape index (κ2) is 18.2. The number of allylic oxidation sites excluding steroid dienone is 2. The van der Waals surface area contributed by atoms with E-state index in [0.29, 0.717) is 77.9 Å². The Hall–Kier alpha value is -9.92. The van der Waals surface area contributed by atoms with Crippen molar-refractivity contribution in [1.82, 2.24) is 0 Å². The van der Waals surface area contributed by atoms with E-state index in [1.807, 2.05) is 109 Å². The van der Waals surface area contributed by atoms with E-state index in [0.717, 1.165) is 32.3 Å². The van der Waals surface area contributed by atoms with Gasteiger partial charge < -0.3 is 0 Å². The molecular formula is C64H36O8. The fraction of sp³-hybridized carbons (Fsp3) is 0. The lowest BCUT2D eigenvalue weighted by Crippen LogP contribution is -2.20. The molecule has 0 aromatic heterocycles. The molecule has 0 atom stereocenters. The highest BCUT2D eigenvalue weighted by Gasteiger charge is 2.32. The number of benzene rings is 10. The van der Waals surface area contributed by atoms with E-state index in [4.69, 9.17) is 0 Å². The molecule has 10 aromatic rings. The second-order valence-electron chi connectivity index (χ2n) is 17.5. The summed E-state index contributed by atoms with van der Waals surface area (Å²) in [5.41, 5.74) is 7.05. The third-order valence-electron chi connectivity index (χ3n) is 13.2. The van der Waals surface area contributed by atoms with Crippen molar-refractivity contribution in [2.24, 2.45) is 0 Å². The summed E-state index contributed by atoms with van der Waals surface area (Å²) in [6, 6.07) is 62.1. The van der Waals surface area contributed by atoms with Gasteiger partial charge in [-0.3, -0.25) is 38.4 Å². The summed E-state index contributed by atoms with van der Waals surface area (Å²) in [6.45, 7) is 0. The van der Waals surface area contributed by atoms with Crippen LogP contribution in [0.3, 0.4) is 0 Å². The molecule has 8 nitrogen and oxygen atoms in total. The van der Waals surface area contributed by atoms with E-state index < -0.39 is 0 Å². The van der Waals surface area contributed by atoms with Crippen molar-refractivity contribution in [3.05, 3.63) is 296 Å². The summed E-state index contributed by atoms with van der Waals surface area (Å²) in [4.78, 5) is 97.7. The number of hydrogen-bond donors (Lipinski definition) is 0. The van der Waals surface area contributed by atoms with Crippen molar-refractivity contribution in [1.29, 1.82) is 0 Å². The van der Waals surface area contributed by atoms with Crippen molar-refractivity contribution in [3.8, 4) is 0 Å². The zero-order valence-electron chi connectivity index (χ0n) is 38.1. The van der Waals surface area contributed by atoms with Crippen LogP contribution in [0.2, 0.25) is 0 Å². The van der Waals surface area contributed by atoms with E-state index in [-0.39, 0.29) is 46.3 Å². The van der Waals surface area contributed by atoms with Gasteiger partial charge in [-0.1, -0.05) is 170 Å². The van der Waals surface area contributed by atoms with Crippen LogP contribution >= 0.6 is 0 Å². The fourth-order valence-corrected chi connectivity index (χ4v) is 9.60. The Balaban J connectivity index is 0.000000107. The van der Waals surface area contributed by atoms with Gasteiger partial charge in [0.1, 0.15) is 0 Å². The number of fused-ring (bicyclic) bond motifs is 10. The third kappa shape index (κ3) is 7.79. The first kappa shape index (κ1) is 44.6. The summed E-state index contributed by atoms with van der Waals surface area (Å²) in [6.07, 6.45) is 2.62. The molecule has 72 heavy (non-hydrogen) atoms. The quantitative estimate of drug-likeness (QED) is 0.147. The molecular weight excluding hydrogens is 897 g/mol. The van der Waals surface area contributed by atoms with Crippen molar-refractivity contribution >= 4 is 78.6 Å². The van der Waals surface area contributed by atoms with Crippen LogP contribution in [0.25, 0.3) is 32.3 Å². The molecule has 0 unspecified atom stereocenters. The molecule has 0 aliphatic heterocycles. The summed E-state index contributed by atoms with van der Waals surface area (Å²) in [5.74, 6) is -0.596.